The lowest BCUT2D eigenvalue weighted by molar-refractivity contribution is 0.669. The van der Waals surface area contributed by atoms with Gasteiger partial charge in [-0.2, -0.15) is 0 Å². The number of aromatic nitrogens is 3. The van der Waals surface area contributed by atoms with Gasteiger partial charge in [-0.05, 0) is 91.3 Å². The van der Waals surface area contributed by atoms with Gasteiger partial charge in [0.2, 0.25) is 0 Å². The molecule has 2 heterocycles. The molecule has 0 aliphatic rings. The molecule has 0 unspecified atom stereocenters. The number of para-hydroxylation sites is 2. The van der Waals surface area contributed by atoms with Crippen molar-refractivity contribution in [2.75, 3.05) is 0 Å². The fraction of sp³-hybridized carbons (Fsp3) is 0. The predicted octanol–water partition coefficient (Wildman–Crippen LogP) is 14.1. The molecule has 57 heavy (non-hydrogen) atoms. The van der Waals surface area contributed by atoms with E-state index in [2.05, 4.69) is 164 Å². The summed E-state index contributed by atoms with van der Waals surface area (Å²) >= 11 is 0. The van der Waals surface area contributed by atoms with Crippen LogP contribution in [0.4, 0.5) is 0 Å². The van der Waals surface area contributed by atoms with Crippen molar-refractivity contribution in [2.45, 2.75) is 0 Å². The van der Waals surface area contributed by atoms with Crippen molar-refractivity contribution >= 4 is 43.5 Å². The van der Waals surface area contributed by atoms with Crippen LogP contribution in [0, 0.1) is 0 Å². The summed E-state index contributed by atoms with van der Waals surface area (Å²) < 4.78 is 6.54. The third kappa shape index (κ3) is 5.83. The van der Waals surface area contributed by atoms with E-state index in [9.17, 15) is 0 Å². The maximum atomic E-state index is 6.54. The maximum absolute atomic E-state index is 6.54. The van der Waals surface area contributed by atoms with Gasteiger partial charge in [0, 0.05) is 21.9 Å². The van der Waals surface area contributed by atoms with Gasteiger partial charge in [-0.15, -0.1) is 0 Å². The van der Waals surface area contributed by atoms with Gasteiger partial charge in [-0.25, -0.2) is 15.0 Å². The second kappa shape index (κ2) is 13.6. The molecule has 0 aliphatic heterocycles. The van der Waals surface area contributed by atoms with Crippen molar-refractivity contribution in [3.63, 3.8) is 0 Å². The second-order valence-corrected chi connectivity index (χ2v) is 14.4. The van der Waals surface area contributed by atoms with E-state index in [4.69, 9.17) is 19.4 Å². The molecule has 4 heteroatoms. The average Bonchev–Trinajstić information content (AvgIpc) is 3.68. The Bertz CT molecular complexity index is 3240. The van der Waals surface area contributed by atoms with Crippen molar-refractivity contribution in [2.24, 2.45) is 0 Å². The van der Waals surface area contributed by atoms with Crippen molar-refractivity contribution in [3.8, 4) is 67.5 Å². The fourth-order valence-electron chi connectivity index (χ4n) is 8.15. The molecule has 0 bridgehead atoms. The van der Waals surface area contributed by atoms with Crippen LogP contribution in [0.1, 0.15) is 0 Å². The highest BCUT2D eigenvalue weighted by atomic mass is 16.3. The van der Waals surface area contributed by atoms with Gasteiger partial charge in [0.25, 0.3) is 0 Å². The molecule has 0 aliphatic carbocycles. The Morgan fingerprint density at radius 3 is 1.60 bits per heavy atom. The topological polar surface area (TPSA) is 51.8 Å². The minimum absolute atomic E-state index is 0.549. The largest absolute Gasteiger partial charge is 0.455 e. The summed E-state index contributed by atoms with van der Waals surface area (Å²) in [6.45, 7) is 0. The van der Waals surface area contributed by atoms with Crippen LogP contribution in [-0.2, 0) is 0 Å². The molecule has 0 N–H and O–H groups in total. The van der Waals surface area contributed by atoms with Crippen LogP contribution in [0.5, 0.6) is 0 Å². The fourth-order valence-corrected chi connectivity index (χ4v) is 8.15. The van der Waals surface area contributed by atoms with Crippen molar-refractivity contribution in [3.05, 3.63) is 200 Å². The first-order valence-electron chi connectivity index (χ1n) is 19.2. The van der Waals surface area contributed by atoms with Crippen LogP contribution in [-0.4, -0.2) is 15.0 Å². The van der Waals surface area contributed by atoms with E-state index in [1.165, 1.54) is 21.5 Å². The predicted molar refractivity (Wildman–Crippen MR) is 235 cm³/mol. The van der Waals surface area contributed by atoms with Gasteiger partial charge in [0.05, 0.1) is 5.56 Å². The van der Waals surface area contributed by atoms with Crippen molar-refractivity contribution in [1.29, 1.82) is 0 Å². The molecule has 0 spiro atoms. The Hall–Kier alpha value is -7.69. The van der Waals surface area contributed by atoms with Gasteiger partial charge >= 0.3 is 0 Å². The molecule has 4 nitrogen and oxygen atoms in total. The summed E-state index contributed by atoms with van der Waals surface area (Å²) in [7, 11) is 0. The first kappa shape index (κ1) is 32.7. The summed E-state index contributed by atoms with van der Waals surface area (Å²) in [5, 5.41) is 6.96. The van der Waals surface area contributed by atoms with Crippen LogP contribution >= 0.6 is 0 Å². The SMILES string of the molecule is c1ccc(-c2cc(-c3ccccc3)cc(-c3nc(-c4cccc(-c5cccc6ccc7ccccc7c56)c4)nc(-c4cccc5c4oc4ccccc45)n3)c2)cc1. The van der Waals surface area contributed by atoms with E-state index in [1.54, 1.807) is 0 Å². The molecule has 266 valence electrons. The molecular weight excluding hydrogens is 695 g/mol. The van der Waals surface area contributed by atoms with Gasteiger partial charge in [0.15, 0.2) is 17.5 Å². The highest BCUT2D eigenvalue weighted by Gasteiger charge is 2.19. The Morgan fingerprint density at radius 2 is 0.807 bits per heavy atom. The summed E-state index contributed by atoms with van der Waals surface area (Å²) in [6, 6.07) is 70.0. The first-order chi connectivity index (χ1) is 28.2. The maximum Gasteiger partial charge on any atom is 0.167 e. The summed E-state index contributed by atoms with van der Waals surface area (Å²) in [6.07, 6.45) is 0. The van der Waals surface area contributed by atoms with Gasteiger partial charge in [0.1, 0.15) is 11.2 Å². The molecule has 0 fully saturated rings. The third-order valence-corrected chi connectivity index (χ3v) is 10.9. The zero-order chi connectivity index (χ0) is 37.7. The number of nitrogens with zero attached hydrogens (tertiary/aromatic N) is 3. The summed E-state index contributed by atoms with van der Waals surface area (Å²) in [4.78, 5) is 15.8. The zero-order valence-electron chi connectivity index (χ0n) is 30.8. The summed E-state index contributed by atoms with van der Waals surface area (Å²) in [5.74, 6) is 1.72. The molecule has 0 atom stereocenters. The van der Waals surface area contributed by atoms with E-state index < -0.39 is 0 Å². The number of furan rings is 1. The minimum atomic E-state index is 0.549. The molecule has 2 aromatic heterocycles. The lowest BCUT2D eigenvalue weighted by Crippen LogP contribution is -2.01. The van der Waals surface area contributed by atoms with Crippen molar-refractivity contribution in [1.82, 2.24) is 15.0 Å². The minimum Gasteiger partial charge on any atom is -0.455 e. The number of hydrogen-bond donors (Lipinski definition) is 0. The van der Waals surface area contributed by atoms with Crippen LogP contribution < -0.4 is 0 Å². The number of benzene rings is 9. The van der Waals surface area contributed by atoms with E-state index in [0.29, 0.717) is 17.5 Å². The first-order valence-corrected chi connectivity index (χ1v) is 19.2. The van der Waals surface area contributed by atoms with Gasteiger partial charge in [-0.1, -0.05) is 164 Å². The number of fused-ring (bicyclic) bond motifs is 6. The number of hydrogen-bond acceptors (Lipinski definition) is 4. The molecule has 0 saturated heterocycles. The molecule has 0 saturated carbocycles. The Labute approximate surface area is 329 Å². The van der Waals surface area contributed by atoms with E-state index in [-0.39, 0.29) is 0 Å². The highest BCUT2D eigenvalue weighted by molar-refractivity contribution is 6.14. The van der Waals surface area contributed by atoms with E-state index in [0.717, 1.165) is 72.0 Å². The average molecular weight is 728 g/mol. The van der Waals surface area contributed by atoms with Crippen LogP contribution in [0.3, 0.4) is 0 Å². The van der Waals surface area contributed by atoms with Gasteiger partial charge in [-0.3, -0.25) is 0 Å². The molecule has 0 amide bonds. The molecule has 11 aromatic rings. The smallest absolute Gasteiger partial charge is 0.167 e. The quantitative estimate of drug-likeness (QED) is 0.160. The van der Waals surface area contributed by atoms with E-state index in [1.807, 2.05) is 36.4 Å². The Morgan fingerprint density at radius 1 is 0.298 bits per heavy atom. The van der Waals surface area contributed by atoms with Crippen LogP contribution in [0.15, 0.2) is 205 Å². The molecule has 9 aromatic carbocycles. The summed E-state index contributed by atoms with van der Waals surface area (Å²) in [5.41, 5.74) is 10.8. The highest BCUT2D eigenvalue weighted by Crippen LogP contribution is 2.39. The Kier molecular flexibility index (Phi) is 7.78. The molecular formula is C53H33N3O. The lowest BCUT2D eigenvalue weighted by atomic mass is 9.93. The molecule has 11 rings (SSSR count). The molecule has 0 radical (unpaired) electrons. The van der Waals surface area contributed by atoms with Crippen LogP contribution in [0.25, 0.3) is 111 Å². The second-order valence-electron chi connectivity index (χ2n) is 14.4. The van der Waals surface area contributed by atoms with Crippen LogP contribution in [0.2, 0.25) is 0 Å². The normalized spacial score (nSPS) is 11.5. The monoisotopic (exact) mass is 727 g/mol. The third-order valence-electron chi connectivity index (χ3n) is 10.9. The standard InChI is InChI=1S/C53H33N3O/c1-3-14-34(15-4-1)40-31-41(35-16-5-2-6-17-35)33-42(32-40)52-54-51(55-53(56-52)47-26-13-25-46-45-23-9-10-27-48(45)57-50(46)47)39-21-11-20-38(30-39)44-24-12-19-37-29-28-36-18-7-8-22-43(36)49(37)44/h1-33H. The number of rotatable bonds is 6. The zero-order valence-corrected chi connectivity index (χ0v) is 30.8. The van der Waals surface area contributed by atoms with E-state index >= 15 is 0 Å². The van der Waals surface area contributed by atoms with Gasteiger partial charge < -0.3 is 4.42 Å². The Balaban J connectivity index is 1.15. The lowest BCUT2D eigenvalue weighted by Gasteiger charge is -2.14. The van der Waals surface area contributed by atoms with Crippen molar-refractivity contribution < 1.29 is 4.42 Å².